The number of allylic oxidation sites excluding steroid dienone is 8. The molecule has 0 radical (unpaired) electrons. The maximum Gasteiger partial charge on any atom is 0.294 e. The van der Waals surface area contributed by atoms with E-state index in [9.17, 15) is 25.9 Å². The maximum absolute atomic E-state index is 11.8. The van der Waals surface area contributed by atoms with Crippen molar-refractivity contribution in [2.24, 2.45) is 0 Å². The van der Waals surface area contributed by atoms with Gasteiger partial charge in [-0.25, -0.2) is 0 Å². The zero-order valence-electron chi connectivity index (χ0n) is 25.0. The van der Waals surface area contributed by atoms with Crippen molar-refractivity contribution in [2.45, 2.75) is 67.6 Å². The first-order valence-corrected chi connectivity index (χ1v) is 17.2. The molecule has 2 aliphatic heterocycles. The molecular weight excluding hydrogens is 608 g/mol. The number of halogens is 1. The summed E-state index contributed by atoms with van der Waals surface area (Å²) in [6.45, 7) is 8.09. The van der Waals surface area contributed by atoms with Crippen molar-refractivity contribution in [2.75, 3.05) is 19.0 Å². The molecule has 0 fully saturated rings. The van der Waals surface area contributed by atoms with Crippen molar-refractivity contribution >= 4 is 48.9 Å². The van der Waals surface area contributed by atoms with Crippen LogP contribution >= 0.6 is 11.6 Å². The lowest BCUT2D eigenvalue weighted by Gasteiger charge is -2.24. The van der Waals surface area contributed by atoms with Crippen molar-refractivity contribution in [3.63, 3.8) is 0 Å². The fourth-order valence-electron chi connectivity index (χ4n) is 6.52. The number of nitrogens with zero attached hydrogens (tertiary/aromatic N) is 2. The van der Waals surface area contributed by atoms with Gasteiger partial charge in [0.15, 0.2) is 5.71 Å². The summed E-state index contributed by atoms with van der Waals surface area (Å²) in [5.41, 5.74) is 6.32. The number of fused-ring (bicyclic) bond motifs is 2. The molecule has 0 saturated carbocycles. The number of benzene rings is 2. The van der Waals surface area contributed by atoms with Gasteiger partial charge in [-0.05, 0) is 86.2 Å². The third-order valence-corrected chi connectivity index (χ3v) is 11.1. The molecule has 8 nitrogen and oxygen atoms in total. The molecule has 0 atom stereocenters. The largest absolute Gasteiger partial charge is 0.347 e. The van der Waals surface area contributed by atoms with E-state index in [-0.39, 0.29) is 9.79 Å². The van der Waals surface area contributed by atoms with Crippen molar-refractivity contribution in [3.05, 3.63) is 93.7 Å². The van der Waals surface area contributed by atoms with Gasteiger partial charge in [0.25, 0.3) is 20.2 Å². The van der Waals surface area contributed by atoms with Crippen LogP contribution in [0, 0.1) is 0 Å². The summed E-state index contributed by atoms with van der Waals surface area (Å²) in [7, 11) is -4.76. The molecule has 0 aromatic heterocycles. The van der Waals surface area contributed by atoms with Crippen molar-refractivity contribution < 1.29 is 30.5 Å². The van der Waals surface area contributed by atoms with Gasteiger partial charge in [-0.1, -0.05) is 37.6 Å². The molecule has 0 bridgehead atoms. The summed E-state index contributed by atoms with van der Waals surface area (Å²) in [6.07, 6.45) is 10.7. The monoisotopic (exact) mass is 643 g/mol. The molecule has 0 saturated heterocycles. The zero-order chi connectivity index (χ0) is 31.7. The van der Waals surface area contributed by atoms with Crippen LogP contribution < -0.4 is 4.90 Å². The fraction of sp³-hybridized carbons (Fsp3) is 0.344. The van der Waals surface area contributed by atoms with Gasteiger partial charge < -0.3 is 4.90 Å². The summed E-state index contributed by atoms with van der Waals surface area (Å²) in [5, 5.41) is 0.689. The Bertz CT molecular complexity index is 1930. The zero-order valence-corrected chi connectivity index (χ0v) is 27.4. The number of hydrogen-bond donors (Lipinski definition) is 2. The van der Waals surface area contributed by atoms with E-state index in [0.717, 1.165) is 64.3 Å². The van der Waals surface area contributed by atoms with E-state index in [4.69, 9.17) is 11.6 Å². The molecule has 228 valence electrons. The predicted molar refractivity (Wildman–Crippen MR) is 170 cm³/mol. The summed E-state index contributed by atoms with van der Waals surface area (Å²) >= 11 is 6.96. The SMILES string of the molecule is CN1/C(=C/C=C2\CCCC(/C=C/C3=[N+](C)c4ccc(S(=O)(=O)O)cc4C3(C)C)=C2Cl)C(C)(C)c2cc(S(=O)(=O)O)ccc21. The quantitative estimate of drug-likeness (QED) is 0.277. The van der Waals surface area contributed by atoms with Crippen LogP contribution in [0.15, 0.2) is 92.4 Å². The first-order chi connectivity index (χ1) is 19.8. The Hall–Kier alpha value is -3.02. The molecule has 2 heterocycles. The first kappa shape index (κ1) is 31.4. The lowest BCUT2D eigenvalue weighted by atomic mass is 9.81. The second-order valence-corrected chi connectivity index (χ2v) is 15.6. The van der Waals surface area contributed by atoms with Crippen molar-refractivity contribution in [3.8, 4) is 0 Å². The normalized spacial score (nSPS) is 21.8. The van der Waals surface area contributed by atoms with E-state index < -0.39 is 31.1 Å². The van der Waals surface area contributed by atoms with Crippen LogP contribution in [0.4, 0.5) is 11.4 Å². The maximum atomic E-state index is 11.8. The molecule has 5 rings (SSSR count). The summed E-state index contributed by atoms with van der Waals surface area (Å²) in [5.74, 6) is 0. The third kappa shape index (κ3) is 5.44. The minimum atomic E-state index is -4.32. The number of likely N-dealkylation sites (N-methyl/N-ethyl adjacent to an activating group) is 1. The van der Waals surface area contributed by atoms with Crippen LogP contribution in [0.1, 0.15) is 58.1 Å². The second kappa shape index (κ2) is 10.6. The van der Waals surface area contributed by atoms with E-state index in [2.05, 4.69) is 0 Å². The molecule has 11 heteroatoms. The van der Waals surface area contributed by atoms with Crippen LogP contribution in [-0.4, -0.2) is 50.3 Å². The molecule has 2 aromatic rings. The Morgan fingerprint density at radius 1 is 0.860 bits per heavy atom. The summed E-state index contributed by atoms with van der Waals surface area (Å²) < 4.78 is 68.2. The lowest BCUT2D eigenvalue weighted by Crippen LogP contribution is -2.26. The fourth-order valence-corrected chi connectivity index (χ4v) is 7.85. The molecule has 1 aliphatic carbocycles. The minimum Gasteiger partial charge on any atom is -0.347 e. The van der Waals surface area contributed by atoms with Crippen LogP contribution in [0.5, 0.6) is 0 Å². The van der Waals surface area contributed by atoms with Crippen LogP contribution in [0.25, 0.3) is 0 Å². The standard InChI is InChI=1S/C32H35ClN2O6S2/c1-31(2)24-18-22(42(36,37)38)12-14-26(24)34(5)28(31)16-10-20-8-7-9-21(30(20)33)11-17-29-32(3,4)25-19-23(43(39,40)41)13-15-27(25)35(29)6/h10-19H,7-9H2,1-6H3,(H-,36,37,38,39,40,41)/p+1. The van der Waals surface area contributed by atoms with E-state index in [1.807, 2.05) is 75.6 Å². The molecule has 2 N–H and O–H groups in total. The Morgan fingerprint density at radius 2 is 1.47 bits per heavy atom. The van der Waals surface area contributed by atoms with Gasteiger partial charge in [-0.2, -0.15) is 21.4 Å². The molecule has 2 aromatic carbocycles. The molecule has 0 amide bonds. The van der Waals surface area contributed by atoms with E-state index >= 15 is 0 Å². The third-order valence-electron chi connectivity index (χ3n) is 8.95. The Morgan fingerprint density at radius 3 is 2.09 bits per heavy atom. The summed E-state index contributed by atoms with van der Waals surface area (Å²) in [4.78, 5) is 1.78. The van der Waals surface area contributed by atoms with Crippen molar-refractivity contribution in [1.82, 2.24) is 0 Å². The molecule has 0 spiro atoms. The van der Waals surface area contributed by atoms with Gasteiger partial charge in [0.1, 0.15) is 7.05 Å². The van der Waals surface area contributed by atoms with Gasteiger partial charge in [0.05, 0.1) is 15.2 Å². The van der Waals surface area contributed by atoms with Gasteiger partial charge in [0, 0.05) is 46.6 Å². The lowest BCUT2D eigenvalue weighted by molar-refractivity contribution is -0.401. The average molecular weight is 644 g/mol. The molecule has 43 heavy (non-hydrogen) atoms. The predicted octanol–water partition coefficient (Wildman–Crippen LogP) is 6.66. The Balaban J connectivity index is 1.46. The van der Waals surface area contributed by atoms with E-state index in [0.29, 0.717) is 5.03 Å². The highest BCUT2D eigenvalue weighted by atomic mass is 35.5. The van der Waals surface area contributed by atoms with E-state index in [1.165, 1.54) is 24.3 Å². The minimum absolute atomic E-state index is 0.127. The number of anilines is 1. The highest BCUT2D eigenvalue weighted by molar-refractivity contribution is 7.86. The number of hydrogen-bond acceptors (Lipinski definition) is 5. The first-order valence-electron chi connectivity index (χ1n) is 13.9. The molecular formula is C32H36ClN2O6S2+. The van der Waals surface area contributed by atoms with Gasteiger partial charge in [-0.3, -0.25) is 9.11 Å². The molecule has 0 unspecified atom stereocenters. The average Bonchev–Trinajstić information content (AvgIpc) is 3.23. The van der Waals surface area contributed by atoms with Gasteiger partial charge in [-0.15, -0.1) is 0 Å². The highest BCUT2D eigenvalue weighted by Gasteiger charge is 2.44. The van der Waals surface area contributed by atoms with Crippen LogP contribution in [-0.2, 0) is 31.1 Å². The Kier molecular flexibility index (Phi) is 7.71. The van der Waals surface area contributed by atoms with Crippen LogP contribution in [0.2, 0.25) is 0 Å². The smallest absolute Gasteiger partial charge is 0.294 e. The van der Waals surface area contributed by atoms with Crippen LogP contribution in [0.3, 0.4) is 0 Å². The molecule has 3 aliphatic rings. The highest BCUT2D eigenvalue weighted by Crippen LogP contribution is 2.48. The van der Waals surface area contributed by atoms with Gasteiger partial charge >= 0.3 is 0 Å². The van der Waals surface area contributed by atoms with E-state index in [1.54, 1.807) is 12.1 Å². The summed E-state index contributed by atoms with van der Waals surface area (Å²) in [6, 6.07) is 9.32. The topological polar surface area (TPSA) is 115 Å². The van der Waals surface area contributed by atoms with Crippen molar-refractivity contribution in [1.29, 1.82) is 0 Å². The Labute approximate surface area is 258 Å². The second-order valence-electron chi connectivity index (χ2n) is 12.3. The number of rotatable bonds is 5. The van der Waals surface area contributed by atoms with Gasteiger partial charge in [0.2, 0.25) is 5.69 Å².